The molecule has 0 unspecified atom stereocenters. The molecule has 78 valence electrons. The van der Waals surface area contributed by atoms with Crippen LogP contribution in [0.25, 0.3) is 5.70 Å². The van der Waals surface area contributed by atoms with Crippen molar-refractivity contribution in [3.63, 3.8) is 0 Å². The average molecular weight is 222 g/mol. The van der Waals surface area contributed by atoms with Gasteiger partial charge in [0.05, 0.1) is 5.70 Å². The number of nitrogens with one attached hydrogen (secondary N) is 1. The highest BCUT2D eigenvalue weighted by molar-refractivity contribution is 7.80. The molecule has 5 nitrogen and oxygen atoms in total. The molecule has 7 heteroatoms. The summed E-state index contributed by atoms with van der Waals surface area (Å²) in [6.45, 7) is 6.54. The van der Waals surface area contributed by atoms with Crippen molar-refractivity contribution in [2.45, 2.75) is 18.6 Å². The van der Waals surface area contributed by atoms with E-state index in [9.17, 15) is 4.79 Å². The van der Waals surface area contributed by atoms with E-state index in [1.54, 1.807) is 7.98 Å². The number of carbonyl (C=O) groups is 1. The van der Waals surface area contributed by atoms with Crippen molar-refractivity contribution in [2.75, 3.05) is 4.81 Å². The van der Waals surface area contributed by atoms with Gasteiger partial charge in [-0.05, 0) is 6.92 Å². The van der Waals surface area contributed by atoms with E-state index < -0.39 is 0 Å². The molecular formula is C8H11BN4OS. The Labute approximate surface area is 94.0 Å². The summed E-state index contributed by atoms with van der Waals surface area (Å²) in [6.07, 6.45) is 0. The number of imidazole rings is 1. The third-order valence-electron chi connectivity index (χ3n) is 2.41. The lowest BCUT2D eigenvalue weighted by molar-refractivity contribution is 0.252. The quantitative estimate of drug-likeness (QED) is 0.528. The molecule has 0 saturated heterocycles. The van der Waals surface area contributed by atoms with E-state index in [0.29, 0.717) is 16.7 Å². The molecule has 15 heavy (non-hydrogen) atoms. The van der Waals surface area contributed by atoms with Crippen LogP contribution in [0.15, 0.2) is 11.7 Å². The molecule has 1 aliphatic heterocycles. The zero-order valence-electron chi connectivity index (χ0n) is 8.61. The van der Waals surface area contributed by atoms with Crippen LogP contribution in [0.2, 0.25) is 0 Å². The summed E-state index contributed by atoms with van der Waals surface area (Å²) in [5, 5.41) is 3.26. The number of amides is 2. The van der Waals surface area contributed by atoms with E-state index in [2.05, 4.69) is 29.5 Å². The first-order valence-corrected chi connectivity index (χ1v) is 5.04. The third-order valence-corrected chi connectivity index (χ3v) is 2.75. The molecule has 0 bridgehead atoms. The van der Waals surface area contributed by atoms with Crippen LogP contribution in [0, 0.1) is 0 Å². The molecule has 0 saturated carbocycles. The van der Waals surface area contributed by atoms with Gasteiger partial charge in [-0.3, -0.25) is 0 Å². The summed E-state index contributed by atoms with van der Waals surface area (Å²) < 4.78 is 1.90. The van der Waals surface area contributed by atoms with E-state index in [4.69, 9.17) is 0 Å². The maximum absolute atomic E-state index is 11.5. The van der Waals surface area contributed by atoms with Crippen molar-refractivity contribution in [1.29, 1.82) is 0 Å². The zero-order chi connectivity index (χ0) is 11.2. The Morgan fingerprint density at radius 1 is 1.67 bits per heavy atom. The van der Waals surface area contributed by atoms with Crippen LogP contribution in [0.1, 0.15) is 12.6 Å². The number of carbonyl (C=O) groups excluding carboxylic acids is 1. The number of fused-ring (bicyclic) bond motifs is 1. The normalized spacial score (nSPS) is 15.2. The highest BCUT2D eigenvalue weighted by atomic mass is 32.1. The molecule has 0 aliphatic carbocycles. The first kappa shape index (κ1) is 10.2. The minimum absolute atomic E-state index is 0.221. The van der Waals surface area contributed by atoms with Crippen molar-refractivity contribution in [2.24, 2.45) is 0 Å². The van der Waals surface area contributed by atoms with Crippen molar-refractivity contribution in [1.82, 2.24) is 14.9 Å². The molecule has 2 amide bonds. The fourth-order valence-electron chi connectivity index (χ4n) is 1.63. The molecule has 2 rings (SSSR count). The Hall–Kier alpha value is -1.37. The summed E-state index contributed by atoms with van der Waals surface area (Å²) in [6, 6.07) is -0.221. The number of urea groups is 1. The van der Waals surface area contributed by atoms with Gasteiger partial charge in [0, 0.05) is 6.54 Å². The van der Waals surface area contributed by atoms with Crippen LogP contribution in [0.3, 0.4) is 0 Å². The molecule has 1 aromatic heterocycles. The summed E-state index contributed by atoms with van der Waals surface area (Å²) in [5.74, 6) is 0.607. The van der Waals surface area contributed by atoms with Gasteiger partial charge in [-0.2, -0.15) is 0 Å². The number of nitrogens with zero attached hydrogens (tertiary/aromatic N) is 3. The van der Waals surface area contributed by atoms with E-state index in [0.717, 1.165) is 12.2 Å². The zero-order valence-corrected chi connectivity index (χ0v) is 9.51. The number of hydrogen-bond acceptors (Lipinski definition) is 3. The second-order valence-electron chi connectivity index (χ2n) is 3.30. The summed E-state index contributed by atoms with van der Waals surface area (Å²) in [5.41, 5.74) is 1.40. The Kier molecular flexibility index (Phi) is 2.26. The summed E-state index contributed by atoms with van der Waals surface area (Å²) >= 11 is 4.26. The van der Waals surface area contributed by atoms with Crippen LogP contribution >= 0.6 is 12.6 Å². The van der Waals surface area contributed by atoms with Gasteiger partial charge in [-0.15, -0.1) is 12.6 Å². The SMILES string of the molecule is BN1C(=O)NC(=C)c2c1nc(S)n2CC. The molecule has 0 aromatic carbocycles. The van der Waals surface area contributed by atoms with Gasteiger partial charge in [-0.25, -0.2) is 9.78 Å². The van der Waals surface area contributed by atoms with Crippen LogP contribution in [-0.4, -0.2) is 23.6 Å². The number of aromatic nitrogens is 2. The molecule has 0 radical (unpaired) electrons. The third kappa shape index (κ3) is 1.34. The maximum atomic E-state index is 11.5. The van der Waals surface area contributed by atoms with Crippen molar-refractivity contribution < 1.29 is 4.79 Å². The molecule has 0 spiro atoms. The first-order valence-electron chi connectivity index (χ1n) is 4.59. The predicted octanol–water partition coefficient (Wildman–Crippen LogP) is 0.240. The molecule has 1 aliphatic rings. The molecule has 0 fully saturated rings. The molecule has 2 heterocycles. The lowest BCUT2D eigenvalue weighted by Crippen LogP contribution is -2.42. The standard InChI is InChI=1S/C8H11BN4OS/c1-3-12-5-4(2)10-7(14)13(9)6(5)11-8(12)15/h2-3,9H2,1H3,(H,10,14)(H,11,15). The van der Waals surface area contributed by atoms with Gasteiger partial charge in [0.2, 0.25) is 7.98 Å². The van der Waals surface area contributed by atoms with Crippen LogP contribution < -0.4 is 10.1 Å². The smallest absolute Gasteiger partial charge is 0.314 e. The minimum atomic E-state index is -0.221. The van der Waals surface area contributed by atoms with Gasteiger partial charge >= 0.3 is 6.03 Å². The van der Waals surface area contributed by atoms with Crippen molar-refractivity contribution >= 4 is 38.2 Å². The highest BCUT2D eigenvalue weighted by Crippen LogP contribution is 2.30. The topological polar surface area (TPSA) is 50.2 Å². The van der Waals surface area contributed by atoms with Gasteiger partial charge in [0.15, 0.2) is 11.0 Å². The number of rotatable bonds is 1. The second-order valence-corrected chi connectivity index (χ2v) is 3.70. The number of anilines is 1. The molecular weight excluding hydrogens is 211 g/mol. The Bertz CT molecular complexity index is 456. The van der Waals surface area contributed by atoms with Gasteiger partial charge in [0.1, 0.15) is 5.69 Å². The predicted molar refractivity (Wildman–Crippen MR) is 63.7 cm³/mol. The summed E-state index contributed by atoms with van der Waals surface area (Å²) in [7, 11) is 1.67. The number of hydrogen-bond donors (Lipinski definition) is 2. The molecule has 1 aromatic rings. The fourth-order valence-corrected chi connectivity index (χ4v) is 1.96. The Morgan fingerprint density at radius 3 is 2.93 bits per heavy atom. The molecule has 1 N–H and O–H groups in total. The largest absolute Gasteiger partial charge is 0.330 e. The van der Waals surface area contributed by atoms with E-state index in [-0.39, 0.29) is 6.03 Å². The van der Waals surface area contributed by atoms with Crippen molar-refractivity contribution in [3.05, 3.63) is 12.3 Å². The summed E-state index contributed by atoms with van der Waals surface area (Å²) in [4.78, 5) is 17.1. The van der Waals surface area contributed by atoms with E-state index in [1.165, 1.54) is 4.81 Å². The first-order chi connectivity index (χ1) is 7.06. The van der Waals surface area contributed by atoms with E-state index >= 15 is 0 Å². The van der Waals surface area contributed by atoms with Crippen LogP contribution in [0.4, 0.5) is 10.6 Å². The lowest BCUT2D eigenvalue weighted by Gasteiger charge is -2.25. The Balaban J connectivity index is 2.65. The van der Waals surface area contributed by atoms with Gasteiger partial charge < -0.3 is 14.7 Å². The number of thiol groups is 1. The van der Waals surface area contributed by atoms with Gasteiger partial charge in [-0.1, -0.05) is 6.58 Å². The maximum Gasteiger partial charge on any atom is 0.314 e. The fraction of sp³-hybridized carbons (Fsp3) is 0.250. The lowest BCUT2D eigenvalue weighted by atomic mass is 10.2. The van der Waals surface area contributed by atoms with E-state index in [1.807, 2.05) is 11.5 Å². The Morgan fingerprint density at radius 2 is 2.33 bits per heavy atom. The van der Waals surface area contributed by atoms with Crippen molar-refractivity contribution in [3.8, 4) is 0 Å². The second kappa shape index (κ2) is 3.34. The van der Waals surface area contributed by atoms with Crippen LogP contribution in [-0.2, 0) is 6.54 Å². The van der Waals surface area contributed by atoms with Gasteiger partial charge in [0.25, 0.3) is 0 Å². The molecule has 0 atom stereocenters. The average Bonchev–Trinajstić information content (AvgIpc) is 2.52. The minimum Gasteiger partial charge on any atom is -0.330 e. The monoisotopic (exact) mass is 222 g/mol. The van der Waals surface area contributed by atoms with Crippen LogP contribution in [0.5, 0.6) is 0 Å². The highest BCUT2D eigenvalue weighted by Gasteiger charge is 2.28.